The Kier molecular flexibility index (Phi) is 3.94. The molecule has 1 aliphatic heterocycles. The van der Waals surface area contributed by atoms with Gasteiger partial charge in [-0.3, -0.25) is 4.68 Å². The summed E-state index contributed by atoms with van der Waals surface area (Å²) in [4.78, 5) is 10.9. The fraction of sp³-hybridized carbons (Fsp3) is 0.312. The van der Waals surface area contributed by atoms with E-state index in [4.69, 9.17) is 27.9 Å². The first-order valence-electron chi connectivity index (χ1n) is 7.61. The Morgan fingerprint density at radius 3 is 2.92 bits per heavy atom. The van der Waals surface area contributed by atoms with Crippen LogP contribution >= 0.6 is 23.2 Å². The molecule has 1 aromatic carbocycles. The number of hydrogen-bond acceptors (Lipinski definition) is 5. The predicted octanol–water partition coefficient (Wildman–Crippen LogP) is 3.33. The van der Waals surface area contributed by atoms with Gasteiger partial charge in [0.2, 0.25) is 0 Å². The third-order valence-corrected chi connectivity index (χ3v) is 4.89. The fourth-order valence-corrected chi connectivity index (χ4v) is 3.25. The Labute approximate surface area is 149 Å². The zero-order valence-electron chi connectivity index (χ0n) is 13.0. The number of hydrogen-bond donors (Lipinski definition) is 0. The Bertz CT molecular complexity index is 897. The Hall–Kier alpha value is -2.05. The van der Waals surface area contributed by atoms with Crippen molar-refractivity contribution >= 4 is 40.1 Å². The molecule has 4 rings (SSSR count). The first-order valence-corrected chi connectivity index (χ1v) is 8.37. The van der Waals surface area contributed by atoms with Crippen LogP contribution in [0.15, 0.2) is 30.7 Å². The van der Waals surface area contributed by atoms with E-state index in [-0.39, 0.29) is 6.10 Å². The number of aryl methyl sites for hydroxylation is 1. The normalized spacial score (nSPS) is 17.6. The third-order valence-electron chi connectivity index (χ3n) is 4.15. The molecule has 0 saturated carbocycles. The summed E-state index contributed by atoms with van der Waals surface area (Å²) in [6.07, 6.45) is 4.36. The van der Waals surface area contributed by atoms with Crippen LogP contribution in [0.1, 0.15) is 6.42 Å². The van der Waals surface area contributed by atoms with E-state index in [0.29, 0.717) is 10.0 Å². The summed E-state index contributed by atoms with van der Waals surface area (Å²) in [7, 11) is 1.87. The molecule has 0 bridgehead atoms. The summed E-state index contributed by atoms with van der Waals surface area (Å²) in [5, 5.41) is 6.24. The van der Waals surface area contributed by atoms with E-state index in [0.717, 1.165) is 42.1 Å². The second kappa shape index (κ2) is 6.11. The van der Waals surface area contributed by atoms with Crippen molar-refractivity contribution in [1.82, 2.24) is 19.7 Å². The maximum atomic E-state index is 6.04. The lowest BCUT2D eigenvalue weighted by Gasteiger charge is -2.18. The summed E-state index contributed by atoms with van der Waals surface area (Å²) in [5.74, 6) is 1.62. The van der Waals surface area contributed by atoms with Gasteiger partial charge >= 0.3 is 0 Å². The minimum atomic E-state index is 0.0731. The van der Waals surface area contributed by atoms with Gasteiger partial charge in [-0.25, -0.2) is 9.97 Å². The topological polar surface area (TPSA) is 56.1 Å². The van der Waals surface area contributed by atoms with Gasteiger partial charge in [-0.2, -0.15) is 5.10 Å². The summed E-state index contributed by atoms with van der Waals surface area (Å²) in [6.45, 7) is 1.62. The second-order valence-corrected chi connectivity index (χ2v) is 6.57. The number of benzene rings is 1. The van der Waals surface area contributed by atoms with Crippen LogP contribution in [-0.4, -0.2) is 38.9 Å². The molecule has 0 amide bonds. The standard InChI is InChI=1S/C16H15Cl2N5O/c1-22-15-12(7-21-22)16(20-9-19-15)23-5-4-11(8-23)24-10-2-3-13(17)14(18)6-10/h2-3,6-7,9,11H,4-5,8H2,1H3/t11-/m0/s1. The van der Waals surface area contributed by atoms with E-state index >= 15 is 0 Å². The van der Waals surface area contributed by atoms with Crippen LogP contribution in [0.4, 0.5) is 5.82 Å². The highest BCUT2D eigenvalue weighted by Gasteiger charge is 2.27. The SMILES string of the molecule is Cn1ncc2c(N3CC[C@H](Oc4ccc(Cl)c(Cl)c4)C3)ncnc21. The summed E-state index contributed by atoms with van der Waals surface area (Å²) in [6, 6.07) is 5.33. The monoisotopic (exact) mass is 363 g/mol. The zero-order valence-corrected chi connectivity index (χ0v) is 14.5. The molecule has 1 aliphatic rings. The first kappa shape index (κ1) is 15.5. The number of nitrogens with zero attached hydrogens (tertiary/aromatic N) is 5. The molecule has 3 aromatic rings. The quantitative estimate of drug-likeness (QED) is 0.714. The van der Waals surface area contributed by atoms with Crippen LogP contribution in [0, 0.1) is 0 Å². The highest BCUT2D eigenvalue weighted by atomic mass is 35.5. The van der Waals surface area contributed by atoms with Crippen LogP contribution in [0.2, 0.25) is 10.0 Å². The molecule has 2 aromatic heterocycles. The van der Waals surface area contributed by atoms with Gasteiger partial charge in [-0.15, -0.1) is 0 Å². The molecule has 0 N–H and O–H groups in total. The van der Waals surface area contributed by atoms with Gasteiger partial charge in [0.05, 0.1) is 28.2 Å². The van der Waals surface area contributed by atoms with Gasteiger partial charge in [0.15, 0.2) is 5.65 Å². The number of fused-ring (bicyclic) bond motifs is 1. The second-order valence-electron chi connectivity index (χ2n) is 5.75. The highest BCUT2D eigenvalue weighted by Crippen LogP contribution is 2.30. The van der Waals surface area contributed by atoms with Crippen molar-refractivity contribution < 1.29 is 4.74 Å². The lowest BCUT2D eigenvalue weighted by Crippen LogP contribution is -2.25. The van der Waals surface area contributed by atoms with Crippen molar-refractivity contribution in [3.05, 3.63) is 40.8 Å². The molecule has 0 radical (unpaired) electrons. The number of ether oxygens (including phenoxy) is 1. The summed E-state index contributed by atoms with van der Waals surface area (Å²) < 4.78 is 7.78. The summed E-state index contributed by atoms with van der Waals surface area (Å²) in [5.41, 5.74) is 0.828. The van der Waals surface area contributed by atoms with Crippen molar-refractivity contribution in [3.63, 3.8) is 0 Å². The highest BCUT2D eigenvalue weighted by molar-refractivity contribution is 6.42. The number of aromatic nitrogens is 4. The first-order chi connectivity index (χ1) is 11.6. The molecule has 1 fully saturated rings. The molecule has 0 aliphatic carbocycles. The summed E-state index contributed by atoms with van der Waals surface area (Å²) >= 11 is 12.0. The Balaban J connectivity index is 1.52. The molecule has 3 heterocycles. The fourth-order valence-electron chi connectivity index (χ4n) is 2.96. The zero-order chi connectivity index (χ0) is 16.7. The Morgan fingerprint density at radius 2 is 2.08 bits per heavy atom. The van der Waals surface area contributed by atoms with Gasteiger partial charge in [0.1, 0.15) is 24.0 Å². The maximum absolute atomic E-state index is 6.04. The van der Waals surface area contributed by atoms with Crippen molar-refractivity contribution in [2.24, 2.45) is 7.05 Å². The van der Waals surface area contributed by atoms with Gasteiger partial charge in [0, 0.05) is 26.1 Å². The van der Waals surface area contributed by atoms with Gasteiger partial charge in [0.25, 0.3) is 0 Å². The molecule has 6 nitrogen and oxygen atoms in total. The molecule has 124 valence electrons. The number of anilines is 1. The molecule has 0 unspecified atom stereocenters. The smallest absolute Gasteiger partial charge is 0.163 e. The van der Waals surface area contributed by atoms with E-state index in [1.165, 1.54) is 0 Å². The van der Waals surface area contributed by atoms with Crippen molar-refractivity contribution in [1.29, 1.82) is 0 Å². The molecule has 8 heteroatoms. The van der Waals surface area contributed by atoms with E-state index in [1.54, 1.807) is 29.3 Å². The van der Waals surface area contributed by atoms with E-state index in [9.17, 15) is 0 Å². The van der Waals surface area contributed by atoms with Gasteiger partial charge in [-0.1, -0.05) is 23.2 Å². The van der Waals surface area contributed by atoms with Crippen LogP contribution in [-0.2, 0) is 7.05 Å². The molecule has 1 saturated heterocycles. The van der Waals surface area contributed by atoms with Crippen LogP contribution in [0.25, 0.3) is 11.0 Å². The van der Waals surface area contributed by atoms with Gasteiger partial charge < -0.3 is 9.64 Å². The largest absolute Gasteiger partial charge is 0.488 e. The molecular formula is C16H15Cl2N5O. The number of halogens is 2. The maximum Gasteiger partial charge on any atom is 0.163 e. The molecular weight excluding hydrogens is 349 g/mol. The van der Waals surface area contributed by atoms with Crippen LogP contribution in [0.3, 0.4) is 0 Å². The van der Waals surface area contributed by atoms with Gasteiger partial charge in [-0.05, 0) is 12.1 Å². The van der Waals surface area contributed by atoms with E-state index < -0.39 is 0 Å². The third kappa shape index (κ3) is 2.76. The Morgan fingerprint density at radius 1 is 1.21 bits per heavy atom. The number of rotatable bonds is 3. The predicted molar refractivity (Wildman–Crippen MR) is 94.0 cm³/mol. The van der Waals surface area contributed by atoms with E-state index in [2.05, 4.69) is 20.0 Å². The van der Waals surface area contributed by atoms with Crippen LogP contribution in [0.5, 0.6) is 5.75 Å². The van der Waals surface area contributed by atoms with Crippen molar-refractivity contribution in [2.75, 3.05) is 18.0 Å². The average molecular weight is 364 g/mol. The minimum absolute atomic E-state index is 0.0731. The van der Waals surface area contributed by atoms with Crippen molar-refractivity contribution in [2.45, 2.75) is 12.5 Å². The molecule has 1 atom stereocenters. The minimum Gasteiger partial charge on any atom is -0.488 e. The lowest BCUT2D eigenvalue weighted by atomic mass is 10.3. The van der Waals surface area contributed by atoms with Crippen molar-refractivity contribution in [3.8, 4) is 5.75 Å². The van der Waals surface area contributed by atoms with E-state index in [1.807, 2.05) is 13.1 Å². The molecule has 0 spiro atoms. The van der Waals surface area contributed by atoms with Crippen LogP contribution < -0.4 is 9.64 Å². The lowest BCUT2D eigenvalue weighted by molar-refractivity contribution is 0.225. The molecule has 24 heavy (non-hydrogen) atoms. The average Bonchev–Trinajstić information content (AvgIpc) is 3.18.